The summed E-state index contributed by atoms with van der Waals surface area (Å²) in [6.07, 6.45) is 7.40. The van der Waals surface area contributed by atoms with Crippen LogP contribution < -0.4 is 5.73 Å². The van der Waals surface area contributed by atoms with Gasteiger partial charge in [0.15, 0.2) is 0 Å². The van der Waals surface area contributed by atoms with Gasteiger partial charge in [-0.1, -0.05) is 44.4 Å². The zero-order valence-corrected chi connectivity index (χ0v) is 10.7. The fraction of sp³-hybridized carbons (Fsp3) is 0.467. The van der Waals surface area contributed by atoms with Gasteiger partial charge in [0, 0.05) is 19.3 Å². The van der Waals surface area contributed by atoms with Crippen LogP contribution in [-0.4, -0.2) is 4.57 Å². The first-order valence-corrected chi connectivity index (χ1v) is 6.63. The van der Waals surface area contributed by atoms with Gasteiger partial charge in [-0.25, -0.2) is 0 Å². The smallest absolute Gasteiger partial charge is 0.0525 e. The fourth-order valence-electron chi connectivity index (χ4n) is 2.40. The SMILES string of the molecule is CCCCCCn1ccc2cccc(CN)c21. The van der Waals surface area contributed by atoms with E-state index in [1.165, 1.54) is 42.1 Å². The van der Waals surface area contributed by atoms with Crippen LogP contribution in [0.15, 0.2) is 30.5 Å². The van der Waals surface area contributed by atoms with Crippen molar-refractivity contribution in [3.8, 4) is 0 Å². The van der Waals surface area contributed by atoms with Gasteiger partial charge in [0.2, 0.25) is 0 Å². The maximum absolute atomic E-state index is 5.81. The Bertz CT molecular complexity index is 471. The summed E-state index contributed by atoms with van der Waals surface area (Å²) < 4.78 is 2.35. The molecular formula is C15H22N2. The molecule has 0 saturated heterocycles. The minimum atomic E-state index is 0.621. The molecule has 2 heteroatoms. The molecular weight excluding hydrogens is 208 g/mol. The van der Waals surface area contributed by atoms with Crippen LogP contribution in [0.5, 0.6) is 0 Å². The molecule has 0 atom stereocenters. The lowest BCUT2D eigenvalue weighted by molar-refractivity contribution is 0.593. The molecule has 0 unspecified atom stereocenters. The van der Waals surface area contributed by atoms with Crippen LogP contribution in [0.2, 0.25) is 0 Å². The second-order valence-electron chi connectivity index (χ2n) is 4.63. The third kappa shape index (κ3) is 2.70. The van der Waals surface area contributed by atoms with Gasteiger partial charge in [-0.05, 0) is 23.4 Å². The van der Waals surface area contributed by atoms with E-state index in [2.05, 4.69) is 42.0 Å². The normalized spacial score (nSPS) is 11.2. The Balaban J connectivity index is 2.16. The number of para-hydroxylation sites is 1. The van der Waals surface area contributed by atoms with Gasteiger partial charge in [0.25, 0.3) is 0 Å². The second kappa shape index (κ2) is 5.87. The molecule has 92 valence electrons. The van der Waals surface area contributed by atoms with Crippen molar-refractivity contribution in [3.05, 3.63) is 36.0 Å². The number of hydrogen-bond acceptors (Lipinski definition) is 1. The third-order valence-electron chi connectivity index (χ3n) is 3.34. The van der Waals surface area contributed by atoms with Crippen LogP contribution in [0.25, 0.3) is 10.9 Å². The summed E-state index contributed by atoms with van der Waals surface area (Å²) in [6, 6.07) is 8.57. The van der Waals surface area contributed by atoms with Crippen LogP contribution in [0.4, 0.5) is 0 Å². The Hall–Kier alpha value is -1.28. The first-order valence-electron chi connectivity index (χ1n) is 6.63. The topological polar surface area (TPSA) is 30.9 Å². The Labute approximate surface area is 103 Å². The molecule has 0 aliphatic carbocycles. The van der Waals surface area contributed by atoms with E-state index in [1.54, 1.807) is 0 Å². The second-order valence-corrected chi connectivity index (χ2v) is 4.63. The maximum atomic E-state index is 5.81. The number of nitrogens with zero attached hydrogens (tertiary/aromatic N) is 1. The quantitative estimate of drug-likeness (QED) is 0.754. The number of unbranched alkanes of at least 4 members (excludes halogenated alkanes) is 3. The zero-order chi connectivity index (χ0) is 12.1. The minimum Gasteiger partial charge on any atom is -0.347 e. The molecule has 0 aliphatic heterocycles. The van der Waals surface area contributed by atoms with E-state index in [4.69, 9.17) is 5.73 Å². The lowest BCUT2D eigenvalue weighted by Gasteiger charge is -2.08. The first kappa shape index (κ1) is 12.2. The molecule has 0 fully saturated rings. The highest BCUT2D eigenvalue weighted by Crippen LogP contribution is 2.20. The standard InChI is InChI=1S/C15H22N2/c1-2-3-4-5-10-17-11-9-13-7-6-8-14(12-16)15(13)17/h6-9,11H,2-5,10,12,16H2,1H3. The molecule has 0 bridgehead atoms. The number of aromatic nitrogens is 1. The minimum absolute atomic E-state index is 0.621. The van der Waals surface area contributed by atoms with Gasteiger partial charge in [0.05, 0.1) is 5.52 Å². The molecule has 0 aliphatic rings. The molecule has 0 amide bonds. The van der Waals surface area contributed by atoms with E-state index < -0.39 is 0 Å². The molecule has 2 N–H and O–H groups in total. The molecule has 0 radical (unpaired) electrons. The van der Waals surface area contributed by atoms with Gasteiger partial charge in [0.1, 0.15) is 0 Å². The summed E-state index contributed by atoms with van der Waals surface area (Å²) in [7, 11) is 0. The molecule has 1 heterocycles. The largest absolute Gasteiger partial charge is 0.347 e. The molecule has 2 rings (SSSR count). The highest BCUT2D eigenvalue weighted by Gasteiger charge is 2.04. The maximum Gasteiger partial charge on any atom is 0.0525 e. The van der Waals surface area contributed by atoms with Crippen molar-refractivity contribution >= 4 is 10.9 Å². The summed E-state index contributed by atoms with van der Waals surface area (Å²) in [5.41, 5.74) is 8.39. The fourth-order valence-corrected chi connectivity index (χ4v) is 2.40. The Morgan fingerprint density at radius 3 is 2.76 bits per heavy atom. The van der Waals surface area contributed by atoms with Crippen molar-refractivity contribution in [2.24, 2.45) is 5.73 Å². The van der Waals surface area contributed by atoms with Gasteiger partial charge >= 0.3 is 0 Å². The number of benzene rings is 1. The lowest BCUT2D eigenvalue weighted by atomic mass is 10.1. The van der Waals surface area contributed by atoms with E-state index in [0.29, 0.717) is 6.54 Å². The molecule has 0 spiro atoms. The zero-order valence-electron chi connectivity index (χ0n) is 10.7. The van der Waals surface area contributed by atoms with Crippen molar-refractivity contribution in [2.45, 2.75) is 45.7 Å². The average Bonchev–Trinajstić information content (AvgIpc) is 2.78. The van der Waals surface area contributed by atoms with E-state index in [1.807, 2.05) is 0 Å². The first-order chi connectivity index (χ1) is 8.36. The number of aryl methyl sites for hydroxylation is 1. The Morgan fingerprint density at radius 2 is 2.00 bits per heavy atom. The predicted molar refractivity (Wildman–Crippen MR) is 74.0 cm³/mol. The van der Waals surface area contributed by atoms with Crippen molar-refractivity contribution in [1.29, 1.82) is 0 Å². The molecule has 0 saturated carbocycles. The van der Waals surface area contributed by atoms with Crippen LogP contribution >= 0.6 is 0 Å². The number of nitrogens with two attached hydrogens (primary N) is 1. The third-order valence-corrected chi connectivity index (χ3v) is 3.34. The highest BCUT2D eigenvalue weighted by atomic mass is 15.0. The van der Waals surface area contributed by atoms with Crippen molar-refractivity contribution in [2.75, 3.05) is 0 Å². The van der Waals surface area contributed by atoms with Crippen LogP contribution in [-0.2, 0) is 13.1 Å². The summed E-state index contributed by atoms with van der Waals surface area (Å²) in [5.74, 6) is 0. The highest BCUT2D eigenvalue weighted by molar-refractivity contribution is 5.83. The summed E-state index contributed by atoms with van der Waals surface area (Å²) >= 11 is 0. The Kier molecular flexibility index (Phi) is 4.21. The predicted octanol–water partition coefficient (Wildman–Crippen LogP) is 3.68. The van der Waals surface area contributed by atoms with Crippen LogP contribution in [0.3, 0.4) is 0 Å². The summed E-state index contributed by atoms with van der Waals surface area (Å²) in [6.45, 7) is 3.98. The molecule has 1 aromatic heterocycles. The van der Waals surface area contributed by atoms with Crippen molar-refractivity contribution in [1.82, 2.24) is 4.57 Å². The van der Waals surface area contributed by atoms with Gasteiger partial charge in [-0.3, -0.25) is 0 Å². The van der Waals surface area contributed by atoms with Gasteiger partial charge in [-0.2, -0.15) is 0 Å². The number of fused-ring (bicyclic) bond motifs is 1. The average molecular weight is 230 g/mol. The van der Waals surface area contributed by atoms with E-state index in [-0.39, 0.29) is 0 Å². The van der Waals surface area contributed by atoms with Gasteiger partial charge in [-0.15, -0.1) is 0 Å². The monoisotopic (exact) mass is 230 g/mol. The number of hydrogen-bond donors (Lipinski definition) is 1. The Morgan fingerprint density at radius 1 is 1.12 bits per heavy atom. The molecule has 2 aromatic rings. The number of rotatable bonds is 6. The van der Waals surface area contributed by atoms with Crippen molar-refractivity contribution < 1.29 is 0 Å². The molecule has 17 heavy (non-hydrogen) atoms. The van der Waals surface area contributed by atoms with Crippen LogP contribution in [0, 0.1) is 0 Å². The summed E-state index contributed by atoms with van der Waals surface area (Å²) in [4.78, 5) is 0. The van der Waals surface area contributed by atoms with E-state index >= 15 is 0 Å². The van der Waals surface area contributed by atoms with Crippen LogP contribution in [0.1, 0.15) is 38.2 Å². The molecule has 1 aromatic carbocycles. The lowest BCUT2D eigenvalue weighted by Crippen LogP contribution is -2.02. The van der Waals surface area contributed by atoms with E-state index in [9.17, 15) is 0 Å². The summed E-state index contributed by atoms with van der Waals surface area (Å²) in [5, 5.41) is 1.31. The van der Waals surface area contributed by atoms with Crippen molar-refractivity contribution in [3.63, 3.8) is 0 Å². The van der Waals surface area contributed by atoms with E-state index in [0.717, 1.165) is 6.54 Å². The van der Waals surface area contributed by atoms with Gasteiger partial charge < -0.3 is 10.3 Å². The molecule has 2 nitrogen and oxygen atoms in total.